The van der Waals surface area contributed by atoms with E-state index in [0.29, 0.717) is 0 Å². The lowest BCUT2D eigenvalue weighted by molar-refractivity contribution is -0.137. The molecule has 2 aromatic rings. The third-order valence-corrected chi connectivity index (χ3v) is 3.35. The molecule has 0 bridgehead atoms. The molecule has 0 saturated carbocycles. The number of carbonyl (C=O) groups is 1. The number of benzene rings is 2. The molecule has 0 unspecified atom stereocenters. The van der Waals surface area contributed by atoms with Crippen LogP contribution in [-0.4, -0.2) is 18.4 Å². The Balaban J connectivity index is 2.08. The summed E-state index contributed by atoms with van der Waals surface area (Å²) in [5.41, 5.74) is 1.45. The van der Waals surface area contributed by atoms with E-state index < -0.39 is 23.5 Å². The molecule has 0 radical (unpaired) electrons. The molecule has 24 heavy (non-hydrogen) atoms. The lowest BCUT2D eigenvalue weighted by Gasteiger charge is -2.17. The van der Waals surface area contributed by atoms with Crippen molar-refractivity contribution < 1.29 is 27.1 Å². The second-order valence-electron chi connectivity index (χ2n) is 5.01. The van der Waals surface area contributed by atoms with Gasteiger partial charge in [0.1, 0.15) is 5.82 Å². The Morgan fingerprint density at radius 2 is 1.71 bits per heavy atom. The second-order valence-corrected chi connectivity index (χ2v) is 5.01. The Labute approximate surface area is 133 Å². The van der Waals surface area contributed by atoms with Gasteiger partial charge in [0.2, 0.25) is 5.90 Å². The fraction of sp³-hybridized carbons (Fsp3) is 0.125. The van der Waals surface area contributed by atoms with Crippen LogP contribution >= 0.6 is 0 Å². The first kappa shape index (κ1) is 16.0. The van der Waals surface area contributed by atoms with Crippen molar-refractivity contribution in [1.29, 1.82) is 0 Å². The van der Waals surface area contributed by atoms with Crippen molar-refractivity contribution in [2.45, 2.75) is 6.18 Å². The van der Waals surface area contributed by atoms with Gasteiger partial charge in [-0.25, -0.2) is 9.82 Å². The highest BCUT2D eigenvalue weighted by atomic mass is 19.4. The van der Waals surface area contributed by atoms with Gasteiger partial charge in [-0.3, -0.25) is 4.79 Å². The largest absolute Gasteiger partial charge is 0.466 e. The SMILES string of the molecule is O=C1COC(c2ccc(-c3ccc(F)cc3)c(C(F)(F)F)c2)=NN1. The fourth-order valence-corrected chi connectivity index (χ4v) is 2.25. The van der Waals surface area contributed by atoms with Crippen LogP contribution < -0.4 is 5.43 Å². The van der Waals surface area contributed by atoms with Gasteiger partial charge in [0.15, 0.2) is 6.61 Å². The molecule has 3 rings (SSSR count). The molecule has 1 amide bonds. The number of rotatable bonds is 2. The molecule has 0 saturated heterocycles. The first-order valence-electron chi connectivity index (χ1n) is 6.81. The number of halogens is 4. The number of hydrogen-bond donors (Lipinski definition) is 1. The molecule has 1 heterocycles. The van der Waals surface area contributed by atoms with E-state index in [0.717, 1.165) is 18.2 Å². The van der Waals surface area contributed by atoms with Crippen LogP contribution in [0.5, 0.6) is 0 Å². The van der Waals surface area contributed by atoms with Gasteiger partial charge in [-0.05, 0) is 35.4 Å². The van der Waals surface area contributed by atoms with E-state index in [9.17, 15) is 22.4 Å². The maximum Gasteiger partial charge on any atom is 0.417 e. The summed E-state index contributed by atoms with van der Waals surface area (Å²) in [5, 5.41) is 3.60. The average Bonchev–Trinajstić information content (AvgIpc) is 2.55. The van der Waals surface area contributed by atoms with Gasteiger partial charge in [0.05, 0.1) is 5.56 Å². The highest BCUT2D eigenvalue weighted by Gasteiger charge is 2.34. The number of carbonyl (C=O) groups excluding carboxylic acids is 1. The summed E-state index contributed by atoms with van der Waals surface area (Å²) in [7, 11) is 0. The van der Waals surface area contributed by atoms with Crippen LogP contribution in [0.3, 0.4) is 0 Å². The minimum absolute atomic E-state index is 0.0770. The number of hydrogen-bond acceptors (Lipinski definition) is 3. The van der Waals surface area contributed by atoms with Crippen molar-refractivity contribution in [2.24, 2.45) is 5.10 Å². The van der Waals surface area contributed by atoms with Crippen molar-refractivity contribution in [3.05, 3.63) is 59.4 Å². The molecule has 8 heteroatoms. The molecule has 0 spiro atoms. The summed E-state index contributed by atoms with van der Waals surface area (Å²) in [5.74, 6) is -1.13. The van der Waals surface area contributed by atoms with Gasteiger partial charge in [-0.15, -0.1) is 5.10 Å². The monoisotopic (exact) mass is 338 g/mol. The molecule has 0 aromatic heterocycles. The van der Waals surface area contributed by atoms with E-state index in [4.69, 9.17) is 4.74 Å². The molecule has 1 aliphatic rings. The lowest BCUT2D eigenvalue weighted by atomic mass is 9.97. The smallest absolute Gasteiger partial charge is 0.417 e. The van der Waals surface area contributed by atoms with Crippen LogP contribution in [0.2, 0.25) is 0 Å². The lowest BCUT2D eigenvalue weighted by Crippen LogP contribution is -2.32. The van der Waals surface area contributed by atoms with Gasteiger partial charge < -0.3 is 4.74 Å². The van der Waals surface area contributed by atoms with E-state index in [2.05, 4.69) is 10.5 Å². The molecule has 0 fully saturated rings. The third kappa shape index (κ3) is 3.22. The quantitative estimate of drug-likeness (QED) is 0.854. The van der Waals surface area contributed by atoms with E-state index in [1.807, 2.05) is 0 Å². The van der Waals surface area contributed by atoms with E-state index >= 15 is 0 Å². The van der Waals surface area contributed by atoms with Crippen LogP contribution in [0.4, 0.5) is 17.6 Å². The highest BCUT2D eigenvalue weighted by Crippen LogP contribution is 2.38. The van der Waals surface area contributed by atoms with Gasteiger partial charge in [-0.1, -0.05) is 18.2 Å². The normalized spacial score (nSPS) is 14.7. The molecule has 124 valence electrons. The van der Waals surface area contributed by atoms with Crippen molar-refractivity contribution in [3.63, 3.8) is 0 Å². The summed E-state index contributed by atoms with van der Waals surface area (Å²) < 4.78 is 58.2. The Morgan fingerprint density at radius 1 is 1.04 bits per heavy atom. The zero-order valence-corrected chi connectivity index (χ0v) is 12.0. The zero-order valence-electron chi connectivity index (χ0n) is 12.0. The summed E-state index contributed by atoms with van der Waals surface area (Å²) in [4.78, 5) is 11.0. The van der Waals surface area contributed by atoms with Gasteiger partial charge in [0.25, 0.3) is 5.91 Å². The second kappa shape index (κ2) is 5.95. The van der Waals surface area contributed by atoms with E-state index in [-0.39, 0.29) is 29.2 Å². The number of nitrogens with one attached hydrogen (secondary N) is 1. The molecule has 0 aliphatic carbocycles. The first-order chi connectivity index (χ1) is 11.3. The van der Waals surface area contributed by atoms with Crippen LogP contribution in [0.1, 0.15) is 11.1 Å². The molecule has 4 nitrogen and oxygen atoms in total. The Kier molecular flexibility index (Phi) is 3.96. The minimum Gasteiger partial charge on any atom is -0.466 e. The predicted octanol–water partition coefficient (Wildman–Crippen LogP) is 3.32. The van der Waals surface area contributed by atoms with Crippen molar-refractivity contribution in [1.82, 2.24) is 5.43 Å². The maximum atomic E-state index is 13.4. The third-order valence-electron chi connectivity index (χ3n) is 3.35. The Bertz CT molecular complexity index is 814. The summed E-state index contributed by atoms with van der Waals surface area (Å²) in [6.45, 7) is -0.320. The van der Waals surface area contributed by atoms with Crippen LogP contribution in [0, 0.1) is 5.82 Å². The Morgan fingerprint density at radius 3 is 2.29 bits per heavy atom. The highest BCUT2D eigenvalue weighted by molar-refractivity contribution is 5.98. The number of nitrogens with zero attached hydrogens (tertiary/aromatic N) is 1. The maximum absolute atomic E-state index is 13.4. The standard InChI is InChI=1S/C16H10F4N2O2/c17-11-4-1-9(2-5-11)12-6-3-10(7-13(12)16(18,19)20)15-22-21-14(23)8-24-15/h1-7H,8H2,(H,21,23). The summed E-state index contributed by atoms with van der Waals surface area (Å²) in [6.07, 6.45) is -4.63. The van der Waals surface area contributed by atoms with E-state index in [1.165, 1.54) is 24.3 Å². The molecule has 1 aliphatic heterocycles. The molecule has 2 aromatic carbocycles. The minimum atomic E-state index is -4.63. The number of hydrazone groups is 1. The first-order valence-corrected chi connectivity index (χ1v) is 6.81. The summed E-state index contributed by atoms with van der Waals surface area (Å²) >= 11 is 0. The van der Waals surface area contributed by atoms with Crippen molar-refractivity contribution in [2.75, 3.05) is 6.61 Å². The molecule has 0 atom stereocenters. The average molecular weight is 338 g/mol. The van der Waals surface area contributed by atoms with E-state index in [1.54, 1.807) is 0 Å². The van der Waals surface area contributed by atoms with Crippen LogP contribution in [0.25, 0.3) is 11.1 Å². The number of alkyl halides is 3. The zero-order chi connectivity index (χ0) is 17.3. The number of amides is 1. The van der Waals surface area contributed by atoms with Crippen LogP contribution in [-0.2, 0) is 15.7 Å². The molecular weight excluding hydrogens is 328 g/mol. The van der Waals surface area contributed by atoms with Crippen LogP contribution in [0.15, 0.2) is 47.6 Å². The van der Waals surface area contributed by atoms with Crippen molar-refractivity contribution >= 4 is 11.8 Å². The number of ether oxygens (including phenoxy) is 1. The topological polar surface area (TPSA) is 50.7 Å². The predicted molar refractivity (Wildman–Crippen MR) is 77.5 cm³/mol. The Hall–Kier alpha value is -2.90. The summed E-state index contributed by atoms with van der Waals surface area (Å²) in [6, 6.07) is 8.26. The molecule has 1 N–H and O–H groups in total. The molecular formula is C16H10F4N2O2. The van der Waals surface area contributed by atoms with Crippen molar-refractivity contribution in [3.8, 4) is 11.1 Å². The van der Waals surface area contributed by atoms with Gasteiger partial charge >= 0.3 is 6.18 Å². The fourth-order valence-electron chi connectivity index (χ4n) is 2.25. The van der Waals surface area contributed by atoms with Gasteiger partial charge in [-0.2, -0.15) is 13.2 Å². The van der Waals surface area contributed by atoms with Gasteiger partial charge in [0, 0.05) is 5.56 Å².